The third kappa shape index (κ3) is 2.73. The van der Waals surface area contributed by atoms with E-state index < -0.39 is 0 Å². The van der Waals surface area contributed by atoms with Crippen molar-refractivity contribution in [1.82, 2.24) is 19.5 Å². The van der Waals surface area contributed by atoms with Crippen LogP contribution in [0.1, 0.15) is 15.5 Å². The van der Waals surface area contributed by atoms with Crippen molar-refractivity contribution in [2.24, 2.45) is 0 Å². The fraction of sp³-hybridized carbons (Fsp3) is 0.312. The van der Waals surface area contributed by atoms with Crippen molar-refractivity contribution in [3.05, 3.63) is 47.0 Å². The quantitative estimate of drug-likeness (QED) is 0.715. The van der Waals surface area contributed by atoms with Crippen molar-refractivity contribution in [2.75, 3.05) is 31.1 Å². The second-order valence-corrected chi connectivity index (χ2v) is 6.89. The molecule has 0 N–H and O–H groups in total. The summed E-state index contributed by atoms with van der Waals surface area (Å²) in [5.41, 5.74) is 1.41. The number of benzene rings is 1. The Balaban J connectivity index is 1.43. The van der Waals surface area contributed by atoms with Crippen LogP contribution in [0, 0.1) is 12.7 Å². The average Bonchev–Trinajstić information content (AvgIpc) is 3.12. The molecular weight excluding hydrogens is 329 g/mol. The third-order valence-corrected chi connectivity index (χ3v) is 4.96. The van der Waals surface area contributed by atoms with Gasteiger partial charge < -0.3 is 9.80 Å². The summed E-state index contributed by atoms with van der Waals surface area (Å²) in [4.78, 5) is 21.7. The number of nitrogens with zero attached hydrogens (tertiary/aromatic N) is 5. The molecule has 1 aliphatic rings. The van der Waals surface area contributed by atoms with Crippen LogP contribution in [-0.4, -0.2) is 51.6 Å². The average molecular weight is 345 g/mol. The number of imidazole rings is 1. The molecule has 1 aliphatic heterocycles. The van der Waals surface area contributed by atoms with Crippen LogP contribution in [0.4, 0.5) is 10.1 Å². The van der Waals surface area contributed by atoms with Gasteiger partial charge in [-0.05, 0) is 31.2 Å². The summed E-state index contributed by atoms with van der Waals surface area (Å²) in [6.07, 6.45) is 1.69. The topological polar surface area (TPSA) is 53.7 Å². The number of aromatic nitrogens is 3. The molecular formula is C16H16FN5OS. The van der Waals surface area contributed by atoms with Crippen molar-refractivity contribution in [1.29, 1.82) is 0 Å². The largest absolute Gasteiger partial charge is 0.368 e. The standard InChI is InChI=1S/C16H16FN5OS/c1-11-19-22-10-14(18-16(22)24-11)15(23)21-8-6-20(7-9-21)13-4-2-12(17)3-5-13/h2-5,10H,6-9H2,1H3. The van der Waals surface area contributed by atoms with Gasteiger partial charge in [0.1, 0.15) is 16.5 Å². The van der Waals surface area contributed by atoms with Gasteiger partial charge in [-0.2, -0.15) is 5.10 Å². The van der Waals surface area contributed by atoms with Crippen LogP contribution in [0.15, 0.2) is 30.5 Å². The van der Waals surface area contributed by atoms with E-state index >= 15 is 0 Å². The van der Waals surface area contributed by atoms with E-state index in [0.717, 1.165) is 28.7 Å². The first-order chi connectivity index (χ1) is 11.6. The lowest BCUT2D eigenvalue weighted by Gasteiger charge is -2.35. The summed E-state index contributed by atoms with van der Waals surface area (Å²) < 4.78 is 14.7. The summed E-state index contributed by atoms with van der Waals surface area (Å²) in [6, 6.07) is 6.45. The molecule has 3 aromatic rings. The first kappa shape index (κ1) is 15.1. The maximum absolute atomic E-state index is 13.0. The number of halogens is 1. The minimum atomic E-state index is -0.240. The lowest BCUT2D eigenvalue weighted by Crippen LogP contribution is -2.48. The molecule has 0 unspecified atom stereocenters. The van der Waals surface area contributed by atoms with Crippen LogP contribution in [0.5, 0.6) is 0 Å². The first-order valence-electron chi connectivity index (χ1n) is 7.73. The van der Waals surface area contributed by atoms with Gasteiger partial charge in [-0.3, -0.25) is 4.79 Å². The van der Waals surface area contributed by atoms with Gasteiger partial charge in [0.25, 0.3) is 5.91 Å². The summed E-state index contributed by atoms with van der Waals surface area (Å²) in [5, 5.41) is 5.20. The summed E-state index contributed by atoms with van der Waals surface area (Å²) >= 11 is 1.47. The second-order valence-electron chi connectivity index (χ2n) is 5.73. The monoisotopic (exact) mass is 345 g/mol. The highest BCUT2D eigenvalue weighted by Gasteiger charge is 2.24. The molecule has 8 heteroatoms. The van der Waals surface area contributed by atoms with Crippen molar-refractivity contribution >= 4 is 27.9 Å². The Morgan fingerprint density at radius 3 is 2.54 bits per heavy atom. The zero-order chi connectivity index (χ0) is 16.7. The van der Waals surface area contributed by atoms with Crippen LogP contribution < -0.4 is 4.90 Å². The SMILES string of the molecule is Cc1nn2cc(C(=O)N3CCN(c4ccc(F)cc4)CC3)nc2s1. The number of hydrogen-bond donors (Lipinski definition) is 0. The van der Waals surface area contributed by atoms with Gasteiger partial charge in [0, 0.05) is 31.9 Å². The highest BCUT2D eigenvalue weighted by Crippen LogP contribution is 2.19. The summed E-state index contributed by atoms with van der Waals surface area (Å²) in [5.74, 6) is -0.305. The molecule has 0 bridgehead atoms. The number of fused-ring (bicyclic) bond motifs is 1. The zero-order valence-electron chi connectivity index (χ0n) is 13.1. The molecule has 1 amide bonds. The Hall–Kier alpha value is -2.48. The van der Waals surface area contributed by atoms with Crippen molar-refractivity contribution < 1.29 is 9.18 Å². The molecule has 0 radical (unpaired) electrons. The molecule has 0 saturated carbocycles. The van der Waals surface area contributed by atoms with Gasteiger partial charge in [0.2, 0.25) is 4.96 Å². The zero-order valence-corrected chi connectivity index (χ0v) is 14.0. The minimum absolute atomic E-state index is 0.0656. The smallest absolute Gasteiger partial charge is 0.274 e. The highest BCUT2D eigenvalue weighted by molar-refractivity contribution is 7.16. The summed E-state index contributed by atoms with van der Waals surface area (Å²) in [6.45, 7) is 4.59. The molecule has 6 nitrogen and oxygen atoms in total. The fourth-order valence-corrected chi connectivity index (χ4v) is 3.61. The molecule has 0 spiro atoms. The molecule has 24 heavy (non-hydrogen) atoms. The molecule has 0 aliphatic carbocycles. The van der Waals surface area contributed by atoms with Crippen LogP contribution in [0.3, 0.4) is 0 Å². The molecule has 1 fully saturated rings. The predicted octanol–water partition coefficient (Wildman–Crippen LogP) is 2.20. The lowest BCUT2D eigenvalue weighted by molar-refractivity contribution is 0.0741. The predicted molar refractivity (Wildman–Crippen MR) is 90.1 cm³/mol. The van der Waals surface area contributed by atoms with Crippen LogP contribution in [-0.2, 0) is 0 Å². The van der Waals surface area contributed by atoms with Gasteiger partial charge in [-0.1, -0.05) is 11.3 Å². The maximum Gasteiger partial charge on any atom is 0.274 e. The molecule has 1 saturated heterocycles. The lowest BCUT2D eigenvalue weighted by atomic mass is 10.2. The Kier molecular flexibility index (Phi) is 3.68. The number of piperazine rings is 1. The molecule has 0 atom stereocenters. The van der Waals surface area contributed by atoms with E-state index in [1.54, 1.807) is 27.7 Å². The maximum atomic E-state index is 13.0. The molecule has 2 aromatic heterocycles. The van der Waals surface area contributed by atoms with Gasteiger partial charge >= 0.3 is 0 Å². The van der Waals surface area contributed by atoms with Gasteiger partial charge in [0.15, 0.2) is 0 Å². The van der Waals surface area contributed by atoms with Gasteiger partial charge in [-0.15, -0.1) is 0 Å². The Morgan fingerprint density at radius 1 is 1.17 bits per heavy atom. The third-order valence-electron chi connectivity index (χ3n) is 4.12. The Bertz CT molecular complexity index is 848. The van der Waals surface area contributed by atoms with Crippen molar-refractivity contribution in [2.45, 2.75) is 6.92 Å². The number of amides is 1. The minimum Gasteiger partial charge on any atom is -0.368 e. The number of hydrogen-bond acceptors (Lipinski definition) is 5. The van der Waals surface area contributed by atoms with Crippen LogP contribution in [0.2, 0.25) is 0 Å². The first-order valence-corrected chi connectivity index (χ1v) is 8.54. The Morgan fingerprint density at radius 2 is 1.88 bits per heavy atom. The van der Waals surface area contributed by atoms with E-state index in [0.29, 0.717) is 18.8 Å². The molecule has 4 rings (SSSR count). The van der Waals surface area contributed by atoms with Gasteiger partial charge in [-0.25, -0.2) is 13.9 Å². The molecule has 124 valence electrons. The van der Waals surface area contributed by atoms with Crippen LogP contribution in [0.25, 0.3) is 4.96 Å². The van der Waals surface area contributed by atoms with E-state index in [1.165, 1.54) is 23.5 Å². The number of anilines is 1. The van der Waals surface area contributed by atoms with E-state index in [-0.39, 0.29) is 11.7 Å². The highest BCUT2D eigenvalue weighted by atomic mass is 32.1. The summed E-state index contributed by atoms with van der Waals surface area (Å²) in [7, 11) is 0. The normalized spacial score (nSPS) is 15.2. The van der Waals surface area contributed by atoms with Gasteiger partial charge in [0.05, 0.1) is 6.20 Å². The van der Waals surface area contributed by atoms with E-state index in [4.69, 9.17) is 0 Å². The van der Waals surface area contributed by atoms with E-state index in [9.17, 15) is 9.18 Å². The number of carbonyl (C=O) groups excluding carboxylic acids is 1. The van der Waals surface area contributed by atoms with Crippen molar-refractivity contribution in [3.8, 4) is 0 Å². The van der Waals surface area contributed by atoms with Crippen LogP contribution >= 0.6 is 11.3 Å². The second kappa shape index (κ2) is 5.86. The number of aryl methyl sites for hydroxylation is 1. The fourth-order valence-electron chi connectivity index (χ4n) is 2.88. The molecule has 1 aromatic carbocycles. The molecule has 3 heterocycles. The number of carbonyl (C=O) groups is 1. The van der Waals surface area contributed by atoms with Crippen molar-refractivity contribution in [3.63, 3.8) is 0 Å². The number of rotatable bonds is 2. The Labute approximate surface area is 142 Å². The van der Waals surface area contributed by atoms with E-state index in [1.807, 2.05) is 6.92 Å². The van der Waals surface area contributed by atoms with E-state index in [2.05, 4.69) is 15.0 Å².